The molecule has 8 aliphatic carbocycles. The Labute approximate surface area is 387 Å². The maximum atomic E-state index is 12.0. The zero-order chi connectivity index (χ0) is 47.4. The van der Waals surface area contributed by atoms with Crippen molar-refractivity contribution in [3.05, 3.63) is 70.3 Å². The van der Waals surface area contributed by atoms with Gasteiger partial charge in [-0.05, 0) is 152 Å². The van der Waals surface area contributed by atoms with Crippen molar-refractivity contribution in [3.63, 3.8) is 0 Å². The van der Waals surface area contributed by atoms with Crippen molar-refractivity contribution in [1.82, 2.24) is 0 Å². The van der Waals surface area contributed by atoms with Crippen molar-refractivity contribution < 1.29 is 52.4 Å². The summed E-state index contributed by atoms with van der Waals surface area (Å²) in [5.41, 5.74) is 4.15. The number of carbonyl (C=O) groups excluding carboxylic acids is 5. The van der Waals surface area contributed by atoms with E-state index in [1.54, 1.807) is 25.1 Å². The predicted molar refractivity (Wildman–Crippen MR) is 248 cm³/mol. The monoisotopic (exact) mass is 901 g/mol. The van der Waals surface area contributed by atoms with Gasteiger partial charge < -0.3 is 28.4 Å². The van der Waals surface area contributed by atoms with Crippen LogP contribution in [-0.4, -0.2) is 87.9 Å². The highest BCUT2D eigenvalue weighted by Crippen LogP contribution is 2.66. The fraction of sp³-hybridized carbons (Fsp3) is 0.685. The lowest BCUT2D eigenvalue weighted by molar-refractivity contribution is -0.161. The molecule has 1 saturated heterocycles. The quantitative estimate of drug-likeness (QED) is 0.135. The number of rotatable bonds is 9. The summed E-state index contributed by atoms with van der Waals surface area (Å²) >= 11 is 0. The van der Waals surface area contributed by atoms with Gasteiger partial charge in [0.1, 0.15) is 11.9 Å². The highest BCUT2D eigenvalue weighted by atomic mass is 16.6. The summed E-state index contributed by atoms with van der Waals surface area (Å²) in [6.45, 7) is 21.2. The number of benzene rings is 2. The molecular weight excluding hydrogens is 825 g/mol. The summed E-state index contributed by atoms with van der Waals surface area (Å²) in [5, 5.41) is 0. The van der Waals surface area contributed by atoms with Crippen LogP contribution in [0.15, 0.2) is 42.5 Å². The Morgan fingerprint density at radius 3 is 1.94 bits per heavy atom. The standard InChI is InChI=1S/C12H18O2.C12H22O.C11H12O4.C10H14O3.C9H10O/c1-2-14-12-9-4-7-3-8(6-9)11(13)10(12)5-7;1-5-13-10-8-9-6-7-12(10,4)11(9,2)3;1-7-4-5-8(10(12)14-2)9(6-7)11(13)15-3;1-2-12-8-5-3-6-7(4-5)10(11)13-9(6)8;1-7-5-3-4-6-9(7)8(2)10/h7-10,12H,2-6H2,1H3;9-10H,5-8H2,1-4H3;4-6H,1-3H3;5-9H,2-4H2,1H3;3-6H,1-2H3. The van der Waals surface area contributed by atoms with Gasteiger partial charge in [-0.2, -0.15) is 0 Å². The Morgan fingerprint density at radius 2 is 1.35 bits per heavy atom. The molecule has 13 unspecified atom stereocenters. The van der Waals surface area contributed by atoms with Crippen molar-refractivity contribution >= 4 is 29.5 Å². The highest BCUT2D eigenvalue weighted by molar-refractivity contribution is 6.03. The average Bonchev–Trinajstić information content (AvgIpc) is 4.02. The number of carbonyl (C=O) groups is 5. The molecule has 0 aromatic heterocycles. The molecule has 11 heteroatoms. The predicted octanol–water partition coefficient (Wildman–Crippen LogP) is 10.0. The van der Waals surface area contributed by atoms with Crippen molar-refractivity contribution in [3.8, 4) is 0 Å². The molecule has 11 rings (SSSR count). The molecule has 0 radical (unpaired) electrons. The van der Waals surface area contributed by atoms with Crippen molar-refractivity contribution in [1.29, 1.82) is 0 Å². The Hall–Kier alpha value is -3.93. The van der Waals surface area contributed by atoms with Crippen LogP contribution >= 0.6 is 0 Å². The SMILES string of the molecule is CC(=O)c1ccccc1C.CCOC1C2CC3C(=O)OC1C3C2.CCOC1C2CC3CC(C2)C(=O)C1C3.CCOC1CC2CCC1(C)C2(C)C.COC(=O)c1ccc(C)cc1C(=O)OC. The van der Waals surface area contributed by atoms with Crippen LogP contribution in [0.3, 0.4) is 0 Å². The second-order valence-electron chi connectivity index (χ2n) is 20.5. The number of esters is 3. The van der Waals surface area contributed by atoms with E-state index >= 15 is 0 Å². The normalized spacial score (nSPS) is 34.1. The number of hydrogen-bond acceptors (Lipinski definition) is 11. The fourth-order valence-corrected chi connectivity index (χ4v) is 13.1. The van der Waals surface area contributed by atoms with E-state index in [1.807, 2.05) is 52.0 Å². The lowest BCUT2D eigenvalue weighted by Gasteiger charge is -2.52. The molecular formula is C54H76O11. The Kier molecular flexibility index (Phi) is 16.6. The summed E-state index contributed by atoms with van der Waals surface area (Å²) < 4.78 is 31.8. The van der Waals surface area contributed by atoms with Crippen LogP contribution in [0.5, 0.6) is 0 Å². The second kappa shape index (κ2) is 21.4. The van der Waals surface area contributed by atoms with Crippen LogP contribution in [0, 0.1) is 72.0 Å². The third kappa shape index (κ3) is 10.3. The maximum absolute atomic E-state index is 12.0. The van der Waals surface area contributed by atoms with E-state index in [9.17, 15) is 24.0 Å². The minimum Gasteiger partial charge on any atom is -0.465 e. The van der Waals surface area contributed by atoms with Gasteiger partial charge in [0.25, 0.3) is 0 Å². The van der Waals surface area contributed by atoms with Crippen LogP contribution in [0.1, 0.15) is 148 Å². The van der Waals surface area contributed by atoms with Gasteiger partial charge in [0, 0.05) is 43.1 Å². The number of aryl methyl sites for hydroxylation is 2. The minimum atomic E-state index is -0.546. The molecule has 9 aliphatic rings. The lowest BCUT2D eigenvalue weighted by atomic mass is 9.54. The van der Waals surface area contributed by atoms with Crippen LogP contribution in [0.2, 0.25) is 0 Å². The van der Waals surface area contributed by atoms with Gasteiger partial charge in [-0.15, -0.1) is 0 Å². The van der Waals surface area contributed by atoms with E-state index in [0.29, 0.717) is 46.4 Å². The summed E-state index contributed by atoms with van der Waals surface area (Å²) in [6, 6.07) is 12.5. The smallest absolute Gasteiger partial charge is 0.338 e. The first-order valence-corrected chi connectivity index (χ1v) is 24.4. The summed E-state index contributed by atoms with van der Waals surface area (Å²) in [4.78, 5) is 56.9. The lowest BCUT2D eigenvalue weighted by Crippen LogP contribution is -2.54. The van der Waals surface area contributed by atoms with Gasteiger partial charge in [0.15, 0.2) is 5.78 Å². The van der Waals surface area contributed by atoms with Crippen LogP contribution in [-0.2, 0) is 38.0 Å². The topological polar surface area (TPSA) is 141 Å². The molecule has 0 N–H and O–H groups in total. The van der Waals surface area contributed by atoms with Gasteiger partial charge in [-0.25, -0.2) is 9.59 Å². The van der Waals surface area contributed by atoms with Crippen LogP contribution in [0.4, 0.5) is 0 Å². The van der Waals surface area contributed by atoms with E-state index in [4.69, 9.17) is 18.9 Å². The molecule has 1 heterocycles. The molecule has 0 spiro atoms. The first-order chi connectivity index (χ1) is 30.9. The Morgan fingerprint density at radius 1 is 0.708 bits per heavy atom. The van der Waals surface area contributed by atoms with E-state index < -0.39 is 11.9 Å². The number of ketones is 2. The molecule has 358 valence electrons. The number of fused-ring (bicyclic) bond motifs is 3. The Balaban J connectivity index is 0.000000135. The number of Topliss-reactive ketones (excluding diaryl/α,β-unsaturated/α-hetero) is 2. The second-order valence-corrected chi connectivity index (χ2v) is 20.5. The van der Waals surface area contributed by atoms with Gasteiger partial charge in [-0.1, -0.05) is 56.7 Å². The van der Waals surface area contributed by atoms with E-state index in [0.717, 1.165) is 74.0 Å². The maximum Gasteiger partial charge on any atom is 0.338 e. The summed E-state index contributed by atoms with van der Waals surface area (Å²) in [7, 11) is 2.54. The molecule has 8 saturated carbocycles. The molecule has 9 fully saturated rings. The molecule has 11 nitrogen and oxygen atoms in total. The van der Waals surface area contributed by atoms with E-state index in [2.05, 4.69) is 37.2 Å². The first-order valence-electron chi connectivity index (χ1n) is 24.4. The van der Waals surface area contributed by atoms with Gasteiger partial charge >= 0.3 is 17.9 Å². The molecule has 13 atom stereocenters. The fourth-order valence-electron chi connectivity index (χ4n) is 13.1. The van der Waals surface area contributed by atoms with Crippen molar-refractivity contribution in [2.45, 2.75) is 145 Å². The molecule has 2 aromatic rings. The van der Waals surface area contributed by atoms with Crippen molar-refractivity contribution in [2.24, 2.45) is 58.2 Å². The van der Waals surface area contributed by atoms with Gasteiger partial charge in [0.05, 0.1) is 49.6 Å². The third-order valence-corrected chi connectivity index (χ3v) is 16.8. The number of hydrogen-bond donors (Lipinski definition) is 0. The molecule has 8 bridgehead atoms. The largest absolute Gasteiger partial charge is 0.465 e. The highest BCUT2D eigenvalue weighted by Gasteiger charge is 2.63. The minimum absolute atomic E-state index is 0.0275. The average molecular weight is 901 g/mol. The Bertz CT molecular complexity index is 2020. The van der Waals surface area contributed by atoms with Gasteiger partial charge in [-0.3, -0.25) is 14.4 Å². The number of ether oxygens (including phenoxy) is 6. The molecule has 65 heavy (non-hydrogen) atoms. The zero-order valence-electron chi connectivity index (χ0n) is 40.9. The van der Waals surface area contributed by atoms with Crippen LogP contribution < -0.4 is 0 Å². The van der Waals surface area contributed by atoms with E-state index in [1.165, 1.54) is 46.3 Å². The number of methoxy groups -OCH3 is 2. The van der Waals surface area contributed by atoms with Crippen molar-refractivity contribution in [2.75, 3.05) is 34.0 Å². The molecule has 1 aliphatic heterocycles. The third-order valence-electron chi connectivity index (χ3n) is 16.8. The van der Waals surface area contributed by atoms with E-state index in [-0.39, 0.29) is 53.0 Å². The zero-order valence-corrected chi connectivity index (χ0v) is 40.9. The summed E-state index contributed by atoms with van der Waals surface area (Å²) in [6.07, 6.45) is 12.1. The summed E-state index contributed by atoms with van der Waals surface area (Å²) in [5.74, 6) is 4.03. The molecule has 2 aromatic carbocycles. The first kappa shape index (κ1) is 50.5. The molecule has 0 amide bonds. The van der Waals surface area contributed by atoms with Gasteiger partial charge in [0.2, 0.25) is 0 Å². The van der Waals surface area contributed by atoms with Crippen LogP contribution in [0.25, 0.3) is 0 Å².